The summed E-state index contributed by atoms with van der Waals surface area (Å²) < 4.78 is 1.98. The molecule has 5 nitrogen and oxygen atoms in total. The standard InChI is InChI=1S/C15H21N3O2/c1-15(2,10-19)9-16-14(20)7-8-18-11-17-12-5-3-4-6-13(12)18/h3-6,11,19H,7-10H2,1-2H3,(H,16,20). The molecule has 20 heavy (non-hydrogen) atoms. The number of aromatic nitrogens is 2. The molecule has 0 radical (unpaired) electrons. The number of hydrogen-bond donors (Lipinski definition) is 2. The number of carbonyl (C=O) groups excluding carboxylic acids is 1. The van der Waals surface area contributed by atoms with Gasteiger partial charge in [-0.3, -0.25) is 4.79 Å². The van der Waals surface area contributed by atoms with E-state index in [4.69, 9.17) is 5.11 Å². The van der Waals surface area contributed by atoms with Gasteiger partial charge in [-0.05, 0) is 12.1 Å². The van der Waals surface area contributed by atoms with E-state index in [1.54, 1.807) is 6.33 Å². The number of aliphatic hydroxyl groups excluding tert-OH is 1. The molecule has 0 saturated heterocycles. The Morgan fingerprint density at radius 2 is 2.15 bits per heavy atom. The van der Waals surface area contributed by atoms with Crippen LogP contribution >= 0.6 is 0 Å². The summed E-state index contributed by atoms with van der Waals surface area (Å²) in [6.45, 7) is 4.96. The molecule has 0 saturated carbocycles. The van der Waals surface area contributed by atoms with Crippen LogP contribution in [-0.2, 0) is 11.3 Å². The van der Waals surface area contributed by atoms with Gasteiger partial charge in [0.15, 0.2) is 0 Å². The van der Waals surface area contributed by atoms with Gasteiger partial charge in [0.2, 0.25) is 5.91 Å². The first-order chi connectivity index (χ1) is 9.52. The number of fused-ring (bicyclic) bond motifs is 1. The smallest absolute Gasteiger partial charge is 0.221 e. The van der Waals surface area contributed by atoms with E-state index in [1.165, 1.54) is 0 Å². The van der Waals surface area contributed by atoms with E-state index >= 15 is 0 Å². The summed E-state index contributed by atoms with van der Waals surface area (Å²) in [6, 6.07) is 7.86. The van der Waals surface area contributed by atoms with Crippen LogP contribution in [0.5, 0.6) is 0 Å². The molecule has 0 aliphatic heterocycles. The lowest BCUT2D eigenvalue weighted by Gasteiger charge is -2.21. The summed E-state index contributed by atoms with van der Waals surface area (Å²) in [5, 5.41) is 12.0. The number of nitrogens with zero attached hydrogens (tertiary/aromatic N) is 2. The third-order valence-electron chi connectivity index (χ3n) is 3.30. The monoisotopic (exact) mass is 275 g/mol. The van der Waals surface area contributed by atoms with E-state index in [1.807, 2.05) is 42.7 Å². The topological polar surface area (TPSA) is 67.2 Å². The lowest BCUT2D eigenvalue weighted by atomic mass is 9.95. The number of aliphatic hydroxyl groups is 1. The van der Waals surface area contributed by atoms with Gasteiger partial charge in [-0.1, -0.05) is 26.0 Å². The summed E-state index contributed by atoms with van der Waals surface area (Å²) in [5.41, 5.74) is 1.70. The van der Waals surface area contributed by atoms with Gasteiger partial charge < -0.3 is 15.0 Å². The molecule has 1 aromatic heterocycles. The molecule has 1 amide bonds. The van der Waals surface area contributed by atoms with Gasteiger partial charge in [-0.25, -0.2) is 4.98 Å². The number of nitrogens with one attached hydrogen (secondary N) is 1. The first kappa shape index (κ1) is 14.5. The van der Waals surface area contributed by atoms with Crippen LogP contribution in [0.3, 0.4) is 0 Å². The van der Waals surface area contributed by atoms with Gasteiger partial charge in [0.25, 0.3) is 0 Å². The van der Waals surface area contributed by atoms with Crippen LogP contribution in [-0.4, -0.2) is 33.7 Å². The van der Waals surface area contributed by atoms with Crippen LogP contribution in [0.15, 0.2) is 30.6 Å². The van der Waals surface area contributed by atoms with Gasteiger partial charge in [0.1, 0.15) is 0 Å². The van der Waals surface area contributed by atoms with E-state index in [0.717, 1.165) is 11.0 Å². The molecule has 2 rings (SSSR count). The Kier molecular flexibility index (Phi) is 4.39. The minimum absolute atomic E-state index is 0.00990. The Bertz CT molecular complexity index is 590. The Hall–Kier alpha value is -1.88. The fraction of sp³-hybridized carbons (Fsp3) is 0.467. The van der Waals surface area contributed by atoms with Crippen molar-refractivity contribution in [3.05, 3.63) is 30.6 Å². The second-order valence-electron chi connectivity index (χ2n) is 5.78. The number of aryl methyl sites for hydroxylation is 1. The molecule has 0 spiro atoms. The van der Waals surface area contributed by atoms with Crippen molar-refractivity contribution in [3.63, 3.8) is 0 Å². The Balaban J connectivity index is 1.87. The maximum atomic E-state index is 11.8. The third kappa shape index (κ3) is 3.57. The largest absolute Gasteiger partial charge is 0.396 e. The summed E-state index contributed by atoms with van der Waals surface area (Å²) in [4.78, 5) is 16.1. The van der Waals surface area contributed by atoms with Gasteiger partial charge in [-0.2, -0.15) is 0 Å². The molecule has 0 bridgehead atoms. The zero-order valence-electron chi connectivity index (χ0n) is 12.0. The van der Waals surface area contributed by atoms with Gasteiger partial charge >= 0.3 is 0 Å². The number of benzene rings is 1. The van der Waals surface area contributed by atoms with E-state index in [9.17, 15) is 4.79 Å². The van der Waals surface area contributed by atoms with E-state index in [-0.39, 0.29) is 17.9 Å². The molecule has 108 valence electrons. The second kappa shape index (κ2) is 6.05. The first-order valence-corrected chi connectivity index (χ1v) is 6.79. The highest BCUT2D eigenvalue weighted by atomic mass is 16.3. The zero-order chi connectivity index (χ0) is 14.6. The summed E-state index contributed by atoms with van der Waals surface area (Å²) in [5.74, 6) is -0.00990. The third-order valence-corrected chi connectivity index (χ3v) is 3.30. The molecule has 0 fully saturated rings. The Morgan fingerprint density at radius 1 is 1.40 bits per heavy atom. The summed E-state index contributed by atoms with van der Waals surface area (Å²) in [6.07, 6.45) is 2.16. The van der Waals surface area contributed by atoms with Crippen LogP contribution in [0, 0.1) is 5.41 Å². The SMILES string of the molecule is CC(C)(CO)CNC(=O)CCn1cnc2ccccc21. The van der Waals surface area contributed by atoms with Crippen LogP contribution in [0.25, 0.3) is 11.0 Å². The van der Waals surface area contributed by atoms with Gasteiger partial charge in [0.05, 0.1) is 17.4 Å². The average Bonchev–Trinajstić information content (AvgIpc) is 2.86. The van der Waals surface area contributed by atoms with E-state index in [2.05, 4.69) is 10.3 Å². The van der Waals surface area contributed by atoms with Crippen molar-refractivity contribution in [1.82, 2.24) is 14.9 Å². The van der Waals surface area contributed by atoms with Crippen LogP contribution < -0.4 is 5.32 Å². The maximum Gasteiger partial charge on any atom is 0.221 e. The van der Waals surface area contributed by atoms with Gasteiger partial charge in [0, 0.05) is 31.5 Å². The fourth-order valence-corrected chi connectivity index (χ4v) is 1.89. The quantitative estimate of drug-likeness (QED) is 0.840. The number of amides is 1. The molecule has 0 aliphatic rings. The normalized spacial score (nSPS) is 11.8. The van der Waals surface area contributed by atoms with Crippen LogP contribution in [0.4, 0.5) is 0 Å². The lowest BCUT2D eigenvalue weighted by Crippen LogP contribution is -2.36. The molecule has 0 atom stereocenters. The highest BCUT2D eigenvalue weighted by Crippen LogP contribution is 2.13. The van der Waals surface area contributed by atoms with Crippen molar-refractivity contribution < 1.29 is 9.90 Å². The van der Waals surface area contributed by atoms with E-state index in [0.29, 0.717) is 19.5 Å². The fourth-order valence-electron chi connectivity index (χ4n) is 1.89. The zero-order valence-corrected chi connectivity index (χ0v) is 12.0. The second-order valence-corrected chi connectivity index (χ2v) is 5.78. The number of imidazole rings is 1. The molecule has 1 heterocycles. The molecule has 0 aliphatic carbocycles. The van der Waals surface area contributed by atoms with Crippen molar-refractivity contribution >= 4 is 16.9 Å². The molecule has 0 unspecified atom stereocenters. The molecule has 5 heteroatoms. The average molecular weight is 275 g/mol. The first-order valence-electron chi connectivity index (χ1n) is 6.79. The van der Waals surface area contributed by atoms with Crippen molar-refractivity contribution in [3.8, 4) is 0 Å². The molecular weight excluding hydrogens is 254 g/mol. The van der Waals surface area contributed by atoms with Crippen molar-refractivity contribution in [1.29, 1.82) is 0 Å². The number of rotatable bonds is 6. The van der Waals surface area contributed by atoms with Crippen LogP contribution in [0.2, 0.25) is 0 Å². The van der Waals surface area contributed by atoms with Crippen molar-refractivity contribution in [2.75, 3.05) is 13.2 Å². The predicted molar refractivity (Wildman–Crippen MR) is 78.2 cm³/mol. The highest BCUT2D eigenvalue weighted by molar-refractivity contribution is 5.77. The summed E-state index contributed by atoms with van der Waals surface area (Å²) in [7, 11) is 0. The maximum absolute atomic E-state index is 11.8. The highest BCUT2D eigenvalue weighted by Gasteiger charge is 2.17. The Labute approximate surface area is 118 Å². The molecular formula is C15H21N3O2. The lowest BCUT2D eigenvalue weighted by molar-refractivity contribution is -0.121. The molecule has 2 N–H and O–H groups in total. The molecule has 1 aromatic carbocycles. The number of hydrogen-bond acceptors (Lipinski definition) is 3. The number of para-hydroxylation sites is 2. The van der Waals surface area contributed by atoms with E-state index < -0.39 is 0 Å². The van der Waals surface area contributed by atoms with Crippen molar-refractivity contribution in [2.45, 2.75) is 26.8 Å². The number of carbonyl (C=O) groups is 1. The van der Waals surface area contributed by atoms with Gasteiger partial charge in [-0.15, -0.1) is 0 Å². The minimum Gasteiger partial charge on any atom is -0.396 e. The minimum atomic E-state index is -0.280. The Morgan fingerprint density at radius 3 is 2.90 bits per heavy atom. The van der Waals surface area contributed by atoms with Crippen LogP contribution in [0.1, 0.15) is 20.3 Å². The predicted octanol–water partition coefficient (Wildman–Crippen LogP) is 1.56. The summed E-state index contributed by atoms with van der Waals surface area (Å²) >= 11 is 0. The molecule has 2 aromatic rings. The van der Waals surface area contributed by atoms with Crippen molar-refractivity contribution in [2.24, 2.45) is 5.41 Å².